The summed E-state index contributed by atoms with van der Waals surface area (Å²) in [7, 11) is 0. The minimum Gasteiger partial charge on any atom is -0.340 e. The molecule has 0 bridgehead atoms. The number of aryl methyl sites for hydroxylation is 2. The standard InChI is InChI=1S/C21H23N5O/c1-4-20(27)24-17-9-11-18(12-10-17)25-21-22-15(3)13-19(26-21)23-16-7-5-14(2)6-8-16/h5-13H,4H2,1-3H3,(H,24,27)(H2,22,23,25,26). The van der Waals surface area contributed by atoms with Crippen molar-refractivity contribution in [3.63, 3.8) is 0 Å². The number of hydrogen-bond donors (Lipinski definition) is 3. The Kier molecular flexibility index (Phi) is 5.66. The highest BCUT2D eigenvalue weighted by molar-refractivity contribution is 5.90. The van der Waals surface area contributed by atoms with Crippen molar-refractivity contribution in [3.8, 4) is 0 Å². The molecule has 0 aliphatic heterocycles. The summed E-state index contributed by atoms with van der Waals surface area (Å²) in [6.07, 6.45) is 0.452. The zero-order chi connectivity index (χ0) is 19.2. The topological polar surface area (TPSA) is 78.9 Å². The summed E-state index contributed by atoms with van der Waals surface area (Å²) in [5, 5.41) is 9.32. The molecular formula is C21H23N5O. The van der Waals surface area contributed by atoms with Crippen LogP contribution in [0.15, 0.2) is 54.6 Å². The van der Waals surface area contributed by atoms with E-state index in [1.54, 1.807) is 0 Å². The summed E-state index contributed by atoms with van der Waals surface area (Å²) in [6.45, 7) is 5.80. The van der Waals surface area contributed by atoms with Crippen molar-refractivity contribution in [2.45, 2.75) is 27.2 Å². The van der Waals surface area contributed by atoms with Crippen LogP contribution in [0.1, 0.15) is 24.6 Å². The number of nitrogens with one attached hydrogen (secondary N) is 3. The van der Waals surface area contributed by atoms with Crippen molar-refractivity contribution < 1.29 is 4.79 Å². The highest BCUT2D eigenvalue weighted by Crippen LogP contribution is 2.20. The van der Waals surface area contributed by atoms with Crippen LogP contribution in [0.5, 0.6) is 0 Å². The van der Waals surface area contributed by atoms with Gasteiger partial charge in [0, 0.05) is 35.2 Å². The Morgan fingerprint density at radius 2 is 1.44 bits per heavy atom. The quantitative estimate of drug-likeness (QED) is 0.580. The van der Waals surface area contributed by atoms with Crippen molar-refractivity contribution >= 4 is 34.7 Å². The molecule has 1 aromatic heterocycles. The number of benzene rings is 2. The van der Waals surface area contributed by atoms with E-state index in [1.165, 1.54) is 5.56 Å². The second-order valence-electron chi connectivity index (χ2n) is 6.31. The molecule has 27 heavy (non-hydrogen) atoms. The Morgan fingerprint density at radius 1 is 0.852 bits per heavy atom. The van der Waals surface area contributed by atoms with Crippen LogP contribution in [0.4, 0.5) is 28.8 Å². The number of carbonyl (C=O) groups excluding carboxylic acids is 1. The molecule has 1 heterocycles. The van der Waals surface area contributed by atoms with Crippen molar-refractivity contribution in [2.24, 2.45) is 0 Å². The van der Waals surface area contributed by atoms with Gasteiger partial charge in [0.1, 0.15) is 5.82 Å². The lowest BCUT2D eigenvalue weighted by Gasteiger charge is -2.11. The lowest BCUT2D eigenvalue weighted by Crippen LogP contribution is -2.09. The predicted molar refractivity (Wildman–Crippen MR) is 110 cm³/mol. The third-order valence-electron chi connectivity index (χ3n) is 3.92. The number of rotatable bonds is 6. The van der Waals surface area contributed by atoms with Crippen molar-refractivity contribution in [1.29, 1.82) is 0 Å². The number of amides is 1. The molecule has 0 radical (unpaired) electrons. The van der Waals surface area contributed by atoms with Gasteiger partial charge in [-0.05, 0) is 50.2 Å². The van der Waals surface area contributed by atoms with Gasteiger partial charge in [-0.25, -0.2) is 4.98 Å². The van der Waals surface area contributed by atoms with Crippen LogP contribution in [-0.2, 0) is 4.79 Å². The Morgan fingerprint density at radius 3 is 2.11 bits per heavy atom. The van der Waals surface area contributed by atoms with E-state index in [2.05, 4.69) is 45.0 Å². The first-order chi connectivity index (χ1) is 13.0. The summed E-state index contributed by atoms with van der Waals surface area (Å²) in [6, 6.07) is 17.5. The normalized spacial score (nSPS) is 10.3. The van der Waals surface area contributed by atoms with Gasteiger partial charge in [0.05, 0.1) is 0 Å². The summed E-state index contributed by atoms with van der Waals surface area (Å²) < 4.78 is 0. The predicted octanol–water partition coefficient (Wildman–Crippen LogP) is 4.93. The van der Waals surface area contributed by atoms with Gasteiger partial charge in [-0.3, -0.25) is 4.79 Å². The van der Waals surface area contributed by atoms with Gasteiger partial charge in [0.15, 0.2) is 0 Å². The van der Waals surface area contributed by atoms with Crippen LogP contribution in [0.3, 0.4) is 0 Å². The van der Waals surface area contributed by atoms with Gasteiger partial charge in [-0.1, -0.05) is 24.6 Å². The third-order valence-corrected chi connectivity index (χ3v) is 3.92. The van der Waals surface area contributed by atoms with E-state index >= 15 is 0 Å². The van der Waals surface area contributed by atoms with Crippen LogP contribution in [0.2, 0.25) is 0 Å². The molecule has 3 N–H and O–H groups in total. The van der Waals surface area contributed by atoms with Gasteiger partial charge in [0.2, 0.25) is 11.9 Å². The lowest BCUT2D eigenvalue weighted by molar-refractivity contribution is -0.115. The van der Waals surface area contributed by atoms with E-state index < -0.39 is 0 Å². The van der Waals surface area contributed by atoms with E-state index in [-0.39, 0.29) is 5.91 Å². The van der Waals surface area contributed by atoms with Crippen molar-refractivity contribution in [2.75, 3.05) is 16.0 Å². The molecule has 3 aromatic rings. The number of aromatic nitrogens is 2. The molecule has 0 saturated carbocycles. The van der Waals surface area contributed by atoms with E-state index in [0.29, 0.717) is 12.4 Å². The van der Waals surface area contributed by atoms with Crippen molar-refractivity contribution in [3.05, 3.63) is 65.9 Å². The molecule has 3 rings (SSSR count). The Labute approximate surface area is 159 Å². The van der Waals surface area contributed by atoms with Crippen molar-refractivity contribution in [1.82, 2.24) is 9.97 Å². The maximum Gasteiger partial charge on any atom is 0.229 e. The zero-order valence-electron chi connectivity index (χ0n) is 15.7. The zero-order valence-corrected chi connectivity index (χ0v) is 15.7. The van der Waals surface area contributed by atoms with Gasteiger partial charge in [0.25, 0.3) is 0 Å². The van der Waals surface area contributed by atoms with Crippen LogP contribution in [0, 0.1) is 13.8 Å². The minimum atomic E-state index is -0.00968. The molecule has 0 aliphatic rings. The average molecular weight is 361 g/mol. The monoisotopic (exact) mass is 361 g/mol. The molecule has 6 heteroatoms. The number of carbonyl (C=O) groups is 1. The minimum absolute atomic E-state index is 0.00968. The van der Waals surface area contributed by atoms with E-state index in [1.807, 2.05) is 56.3 Å². The number of hydrogen-bond acceptors (Lipinski definition) is 5. The summed E-state index contributed by atoms with van der Waals surface area (Å²) in [5.41, 5.74) is 4.64. The van der Waals surface area contributed by atoms with Crippen LogP contribution in [-0.4, -0.2) is 15.9 Å². The first-order valence-electron chi connectivity index (χ1n) is 8.88. The maximum absolute atomic E-state index is 11.4. The molecule has 6 nitrogen and oxygen atoms in total. The first kappa shape index (κ1) is 18.4. The summed E-state index contributed by atoms with van der Waals surface area (Å²) >= 11 is 0. The molecule has 138 valence electrons. The maximum atomic E-state index is 11.4. The van der Waals surface area contributed by atoms with Gasteiger partial charge >= 0.3 is 0 Å². The smallest absolute Gasteiger partial charge is 0.229 e. The fraction of sp³-hybridized carbons (Fsp3) is 0.190. The Balaban J connectivity index is 1.72. The van der Waals surface area contributed by atoms with Crippen LogP contribution in [0.25, 0.3) is 0 Å². The first-order valence-corrected chi connectivity index (χ1v) is 8.88. The Bertz CT molecular complexity index is 920. The average Bonchev–Trinajstić information content (AvgIpc) is 2.65. The molecule has 0 aliphatic carbocycles. The fourth-order valence-corrected chi connectivity index (χ4v) is 2.49. The van der Waals surface area contributed by atoms with Crippen LogP contribution >= 0.6 is 0 Å². The summed E-state index contributed by atoms with van der Waals surface area (Å²) in [4.78, 5) is 20.4. The number of nitrogens with zero attached hydrogens (tertiary/aromatic N) is 2. The van der Waals surface area contributed by atoms with E-state index in [9.17, 15) is 4.79 Å². The molecule has 0 spiro atoms. The fourth-order valence-electron chi connectivity index (χ4n) is 2.49. The van der Waals surface area contributed by atoms with E-state index in [4.69, 9.17) is 0 Å². The Hall–Kier alpha value is -3.41. The second-order valence-corrected chi connectivity index (χ2v) is 6.31. The highest BCUT2D eigenvalue weighted by Gasteiger charge is 2.05. The molecule has 0 fully saturated rings. The molecule has 0 atom stereocenters. The molecular weight excluding hydrogens is 338 g/mol. The summed E-state index contributed by atoms with van der Waals surface area (Å²) in [5.74, 6) is 1.22. The van der Waals surface area contributed by atoms with E-state index in [0.717, 1.165) is 28.6 Å². The third kappa shape index (κ3) is 5.28. The molecule has 2 aromatic carbocycles. The largest absolute Gasteiger partial charge is 0.340 e. The van der Waals surface area contributed by atoms with Crippen LogP contribution < -0.4 is 16.0 Å². The SMILES string of the molecule is CCC(=O)Nc1ccc(Nc2nc(C)cc(Nc3ccc(C)cc3)n2)cc1. The molecule has 0 unspecified atom stereocenters. The molecule has 0 saturated heterocycles. The second kappa shape index (κ2) is 8.31. The lowest BCUT2D eigenvalue weighted by atomic mass is 10.2. The van der Waals surface area contributed by atoms with Gasteiger partial charge < -0.3 is 16.0 Å². The van der Waals surface area contributed by atoms with Gasteiger partial charge in [-0.15, -0.1) is 0 Å². The van der Waals surface area contributed by atoms with Gasteiger partial charge in [-0.2, -0.15) is 4.98 Å². The number of anilines is 5. The highest BCUT2D eigenvalue weighted by atomic mass is 16.1. The molecule has 1 amide bonds.